The third kappa shape index (κ3) is 5.60. The molecule has 3 heterocycles. The normalized spacial score (nSPS) is 19.4. The minimum Gasteiger partial charge on any atom is -0.496 e. The highest BCUT2D eigenvalue weighted by molar-refractivity contribution is 8.16. The lowest BCUT2D eigenvalue weighted by molar-refractivity contribution is -0.136. The van der Waals surface area contributed by atoms with Gasteiger partial charge in [0.15, 0.2) is 5.17 Å². The highest BCUT2D eigenvalue weighted by atomic mass is 32.2. The van der Waals surface area contributed by atoms with Crippen LogP contribution in [0, 0.1) is 6.92 Å². The van der Waals surface area contributed by atoms with E-state index in [9.17, 15) is 9.59 Å². The topological polar surface area (TPSA) is 74.7 Å². The first-order valence-electron chi connectivity index (χ1n) is 13.1. The van der Waals surface area contributed by atoms with Gasteiger partial charge in [0.1, 0.15) is 5.75 Å². The van der Waals surface area contributed by atoms with Crippen LogP contribution in [0.3, 0.4) is 0 Å². The summed E-state index contributed by atoms with van der Waals surface area (Å²) in [4.78, 5) is 37.5. The molecule has 39 heavy (non-hydrogen) atoms. The van der Waals surface area contributed by atoms with E-state index in [1.165, 1.54) is 30.0 Å². The van der Waals surface area contributed by atoms with E-state index in [0.717, 1.165) is 36.1 Å². The van der Waals surface area contributed by atoms with Crippen LogP contribution in [0.15, 0.2) is 75.9 Å². The first kappa shape index (κ1) is 27.0. The first-order chi connectivity index (χ1) is 18.9. The number of benzene rings is 2. The summed E-state index contributed by atoms with van der Waals surface area (Å²) in [6.07, 6.45) is 0.225. The summed E-state index contributed by atoms with van der Waals surface area (Å²) in [7, 11) is 2.99. The zero-order chi connectivity index (χ0) is 27.5. The number of piperazine rings is 1. The molecular formula is C30H34N4O4S. The van der Waals surface area contributed by atoms with Gasteiger partial charge >= 0.3 is 5.97 Å². The van der Waals surface area contributed by atoms with Gasteiger partial charge in [-0.15, -0.1) is 0 Å². The van der Waals surface area contributed by atoms with Crippen molar-refractivity contribution in [3.63, 3.8) is 0 Å². The number of ether oxygens (including phenoxy) is 2. The number of hydrogen-bond donors (Lipinski definition) is 0. The molecule has 0 N–H and O–H groups in total. The smallest absolute Gasteiger partial charge is 0.338 e. The van der Waals surface area contributed by atoms with E-state index < -0.39 is 12.0 Å². The molecular weight excluding hydrogens is 512 g/mol. The second kappa shape index (κ2) is 11.7. The van der Waals surface area contributed by atoms with Crippen molar-refractivity contribution in [1.82, 2.24) is 14.7 Å². The number of allylic oxidation sites excluding steroid dienone is 1. The van der Waals surface area contributed by atoms with Crippen LogP contribution in [-0.4, -0.2) is 72.1 Å². The van der Waals surface area contributed by atoms with E-state index in [1.54, 1.807) is 7.11 Å². The highest BCUT2D eigenvalue weighted by Crippen LogP contribution is 2.47. The van der Waals surface area contributed by atoms with Gasteiger partial charge in [-0.2, -0.15) is 0 Å². The lowest BCUT2D eigenvalue weighted by Crippen LogP contribution is -2.48. The fourth-order valence-electron chi connectivity index (χ4n) is 5.30. The minimum absolute atomic E-state index is 0.0720. The number of thioether (sulfide) groups is 1. The number of para-hydroxylation sites is 1. The maximum atomic E-state index is 13.5. The van der Waals surface area contributed by atoms with Gasteiger partial charge in [0, 0.05) is 44.0 Å². The lowest BCUT2D eigenvalue weighted by Gasteiger charge is -2.38. The van der Waals surface area contributed by atoms with E-state index in [-0.39, 0.29) is 12.3 Å². The predicted octanol–water partition coefficient (Wildman–Crippen LogP) is 4.49. The largest absolute Gasteiger partial charge is 0.496 e. The van der Waals surface area contributed by atoms with Crippen molar-refractivity contribution in [2.75, 3.05) is 40.4 Å². The van der Waals surface area contributed by atoms with Crippen molar-refractivity contribution in [2.24, 2.45) is 4.99 Å². The predicted molar refractivity (Wildman–Crippen MR) is 153 cm³/mol. The molecule has 1 fully saturated rings. The van der Waals surface area contributed by atoms with Gasteiger partial charge < -0.3 is 19.3 Å². The Morgan fingerprint density at radius 1 is 1.00 bits per heavy atom. The number of hydrogen-bond acceptors (Lipinski definition) is 8. The van der Waals surface area contributed by atoms with Crippen LogP contribution in [-0.2, 0) is 20.9 Å². The van der Waals surface area contributed by atoms with Gasteiger partial charge in [-0.1, -0.05) is 59.8 Å². The zero-order valence-electron chi connectivity index (χ0n) is 22.8. The Labute approximate surface area is 234 Å². The van der Waals surface area contributed by atoms with E-state index >= 15 is 0 Å². The van der Waals surface area contributed by atoms with E-state index in [4.69, 9.17) is 14.5 Å². The Kier molecular flexibility index (Phi) is 8.09. The number of carbonyl (C=O) groups excluding carboxylic acids is 2. The number of fused-ring (bicyclic) bond motifs is 1. The molecule has 1 saturated heterocycles. The summed E-state index contributed by atoms with van der Waals surface area (Å²) in [5, 5.41) is 2.71. The fraction of sp³-hybridized carbons (Fsp3) is 0.367. The number of esters is 1. The Hall–Kier alpha value is -3.56. The molecule has 1 atom stereocenters. The summed E-state index contributed by atoms with van der Waals surface area (Å²) >= 11 is 1.47. The average Bonchev–Trinajstić information content (AvgIpc) is 3.35. The SMILES string of the molecule is COC(=O)C1=C(C)N=C2SC=C(CC(=O)N3CCN(Cc4ccc(C)cc4)CC3)N2C1c1ccccc1OC. The maximum Gasteiger partial charge on any atom is 0.338 e. The zero-order valence-corrected chi connectivity index (χ0v) is 23.7. The molecule has 0 spiro atoms. The van der Waals surface area contributed by atoms with Crippen molar-refractivity contribution in [3.8, 4) is 5.75 Å². The van der Waals surface area contributed by atoms with Crippen LogP contribution in [0.1, 0.15) is 36.1 Å². The molecule has 0 bridgehead atoms. The Bertz CT molecular complexity index is 1340. The summed E-state index contributed by atoms with van der Waals surface area (Å²) in [6.45, 7) is 7.85. The third-order valence-corrected chi connectivity index (χ3v) is 8.31. The number of amides is 1. The van der Waals surface area contributed by atoms with Crippen molar-refractivity contribution < 1.29 is 19.1 Å². The molecule has 1 unspecified atom stereocenters. The number of methoxy groups -OCH3 is 2. The van der Waals surface area contributed by atoms with E-state index in [1.807, 2.05) is 46.4 Å². The van der Waals surface area contributed by atoms with Crippen molar-refractivity contribution in [2.45, 2.75) is 32.9 Å². The van der Waals surface area contributed by atoms with Crippen molar-refractivity contribution in [1.29, 1.82) is 0 Å². The monoisotopic (exact) mass is 546 g/mol. The Balaban J connectivity index is 1.32. The van der Waals surface area contributed by atoms with Crippen LogP contribution in [0.5, 0.6) is 5.75 Å². The van der Waals surface area contributed by atoms with E-state index in [2.05, 4.69) is 36.1 Å². The molecule has 9 heteroatoms. The second-order valence-corrected chi connectivity index (χ2v) is 10.8. The van der Waals surface area contributed by atoms with Crippen LogP contribution >= 0.6 is 11.8 Å². The van der Waals surface area contributed by atoms with Gasteiger partial charge in [0.2, 0.25) is 5.91 Å². The van der Waals surface area contributed by atoms with Gasteiger partial charge in [0.05, 0.1) is 38.0 Å². The van der Waals surface area contributed by atoms with Crippen molar-refractivity contribution in [3.05, 3.63) is 87.6 Å². The summed E-state index contributed by atoms with van der Waals surface area (Å²) in [5.41, 5.74) is 5.22. The Morgan fingerprint density at radius 3 is 2.41 bits per heavy atom. The first-order valence-corrected chi connectivity index (χ1v) is 14.0. The quantitative estimate of drug-likeness (QED) is 0.474. The number of rotatable bonds is 7. The maximum absolute atomic E-state index is 13.5. The van der Waals surface area contributed by atoms with Crippen LogP contribution < -0.4 is 4.74 Å². The van der Waals surface area contributed by atoms with Gasteiger partial charge in [-0.3, -0.25) is 9.69 Å². The van der Waals surface area contributed by atoms with E-state index in [0.29, 0.717) is 30.1 Å². The van der Waals surface area contributed by atoms with Gasteiger partial charge in [0.25, 0.3) is 0 Å². The fourth-order valence-corrected chi connectivity index (χ4v) is 6.27. The lowest BCUT2D eigenvalue weighted by atomic mass is 9.93. The molecule has 5 rings (SSSR count). The third-order valence-electron chi connectivity index (χ3n) is 7.42. The van der Waals surface area contributed by atoms with Crippen LogP contribution in [0.4, 0.5) is 0 Å². The molecule has 2 aromatic carbocycles. The molecule has 8 nitrogen and oxygen atoms in total. The van der Waals surface area contributed by atoms with Gasteiger partial charge in [-0.25, -0.2) is 9.79 Å². The molecule has 204 valence electrons. The second-order valence-electron chi connectivity index (χ2n) is 9.95. The number of aliphatic imine (C=N–C) groups is 1. The molecule has 0 aromatic heterocycles. The molecule has 2 aromatic rings. The average molecular weight is 547 g/mol. The Morgan fingerprint density at radius 2 is 1.72 bits per heavy atom. The van der Waals surface area contributed by atoms with Crippen LogP contribution in [0.2, 0.25) is 0 Å². The molecule has 3 aliphatic heterocycles. The van der Waals surface area contributed by atoms with Crippen LogP contribution in [0.25, 0.3) is 0 Å². The minimum atomic E-state index is -0.512. The number of nitrogens with zero attached hydrogens (tertiary/aromatic N) is 4. The number of amidine groups is 1. The molecule has 0 radical (unpaired) electrons. The van der Waals surface area contributed by atoms with Gasteiger partial charge in [-0.05, 0) is 30.9 Å². The summed E-state index contributed by atoms with van der Waals surface area (Å²) < 4.78 is 10.8. The summed E-state index contributed by atoms with van der Waals surface area (Å²) in [6, 6.07) is 15.7. The number of carbonyl (C=O) groups is 2. The number of aryl methyl sites for hydroxylation is 1. The molecule has 0 saturated carbocycles. The summed E-state index contributed by atoms with van der Waals surface area (Å²) in [5.74, 6) is 0.284. The highest BCUT2D eigenvalue weighted by Gasteiger charge is 2.42. The molecule has 3 aliphatic rings. The molecule has 1 amide bonds. The molecule has 0 aliphatic carbocycles. The standard InChI is InChI=1S/C30H34N4O4S/c1-20-9-11-22(12-10-20)18-32-13-15-33(16-14-32)26(35)17-23-19-39-30-31-21(2)27(29(36)38-4)28(34(23)30)24-7-5-6-8-25(24)37-3/h5-12,19,28H,13-18H2,1-4H3. The van der Waals surface area contributed by atoms with Crippen molar-refractivity contribution >= 4 is 28.8 Å².